The van der Waals surface area contributed by atoms with Crippen LogP contribution in [0.3, 0.4) is 0 Å². The molecule has 138 valence electrons. The normalized spacial score (nSPS) is 31.7. The number of hydrogen-bond donors (Lipinski definition) is 0. The number of nitrogens with zero attached hydrogens (tertiary/aromatic N) is 1. The quantitative estimate of drug-likeness (QED) is 0.637. The fraction of sp³-hybridized carbons (Fsp3) is 0.391. The SMILES string of the molecule is Cc1cc(N2C(=O)C3C4CC(c5ccccc5)C(C4)C3C2=O)c(C)cc1Br. The molecule has 1 saturated heterocycles. The van der Waals surface area contributed by atoms with Gasteiger partial charge < -0.3 is 0 Å². The van der Waals surface area contributed by atoms with Gasteiger partial charge in [-0.2, -0.15) is 0 Å². The summed E-state index contributed by atoms with van der Waals surface area (Å²) in [6, 6.07) is 14.5. The lowest BCUT2D eigenvalue weighted by Crippen LogP contribution is -2.33. The number of hydrogen-bond acceptors (Lipinski definition) is 2. The Balaban J connectivity index is 1.52. The second kappa shape index (κ2) is 6.03. The van der Waals surface area contributed by atoms with Crippen LogP contribution in [-0.2, 0) is 9.59 Å². The highest BCUT2D eigenvalue weighted by atomic mass is 79.9. The van der Waals surface area contributed by atoms with E-state index >= 15 is 0 Å². The van der Waals surface area contributed by atoms with E-state index < -0.39 is 0 Å². The highest BCUT2D eigenvalue weighted by Crippen LogP contribution is 2.62. The van der Waals surface area contributed by atoms with Crippen molar-refractivity contribution in [2.24, 2.45) is 23.7 Å². The number of imide groups is 1. The van der Waals surface area contributed by atoms with Crippen molar-refractivity contribution in [1.82, 2.24) is 0 Å². The number of aryl methyl sites for hydroxylation is 2. The highest BCUT2D eigenvalue weighted by Gasteiger charge is 2.64. The Morgan fingerprint density at radius 3 is 2.37 bits per heavy atom. The smallest absolute Gasteiger partial charge is 0.238 e. The first kappa shape index (κ1) is 17.2. The molecule has 27 heavy (non-hydrogen) atoms. The van der Waals surface area contributed by atoms with Crippen molar-refractivity contribution in [3.63, 3.8) is 0 Å². The van der Waals surface area contributed by atoms with Crippen molar-refractivity contribution in [3.8, 4) is 0 Å². The first-order valence-electron chi connectivity index (χ1n) is 9.67. The van der Waals surface area contributed by atoms with Crippen LogP contribution in [0.25, 0.3) is 0 Å². The van der Waals surface area contributed by atoms with Gasteiger partial charge in [0.05, 0.1) is 17.5 Å². The molecule has 2 aromatic carbocycles. The molecule has 2 amide bonds. The molecule has 4 heteroatoms. The van der Waals surface area contributed by atoms with Crippen LogP contribution in [0.1, 0.15) is 35.4 Å². The summed E-state index contributed by atoms with van der Waals surface area (Å²) >= 11 is 3.54. The molecular weight excluding hydrogens is 402 g/mol. The standard InChI is InChI=1S/C23H22BrNO2/c1-12-9-19(13(2)8-18(12)24)25-22(26)20-15-10-16(14-6-4-3-5-7-14)17(11-15)21(20)23(25)27/h3-9,15-17,20-21H,10-11H2,1-2H3. The molecule has 5 atom stereocenters. The molecule has 1 heterocycles. The summed E-state index contributed by atoms with van der Waals surface area (Å²) in [5.74, 6) is 0.804. The molecule has 5 rings (SSSR count). The van der Waals surface area contributed by atoms with Crippen LogP contribution in [0, 0.1) is 37.5 Å². The lowest BCUT2D eigenvalue weighted by atomic mass is 9.73. The van der Waals surface area contributed by atoms with E-state index in [4.69, 9.17) is 0 Å². The molecule has 0 aromatic heterocycles. The van der Waals surface area contributed by atoms with Gasteiger partial charge in [0.2, 0.25) is 11.8 Å². The van der Waals surface area contributed by atoms with Gasteiger partial charge in [-0.3, -0.25) is 9.59 Å². The second-order valence-corrected chi connectivity index (χ2v) is 9.22. The molecule has 0 N–H and O–H groups in total. The van der Waals surface area contributed by atoms with Crippen LogP contribution in [0.2, 0.25) is 0 Å². The van der Waals surface area contributed by atoms with E-state index in [1.54, 1.807) is 0 Å². The zero-order chi connectivity index (χ0) is 18.9. The Bertz CT molecular complexity index is 954. The maximum Gasteiger partial charge on any atom is 0.238 e. The van der Waals surface area contributed by atoms with Gasteiger partial charge in [-0.15, -0.1) is 0 Å². The molecule has 2 aliphatic carbocycles. The van der Waals surface area contributed by atoms with Crippen LogP contribution >= 0.6 is 15.9 Å². The van der Waals surface area contributed by atoms with E-state index in [9.17, 15) is 9.59 Å². The highest BCUT2D eigenvalue weighted by molar-refractivity contribution is 9.10. The maximum atomic E-state index is 13.4. The topological polar surface area (TPSA) is 37.4 Å². The Hall–Kier alpha value is -1.94. The van der Waals surface area contributed by atoms with Crippen molar-refractivity contribution in [2.45, 2.75) is 32.6 Å². The van der Waals surface area contributed by atoms with E-state index in [1.807, 2.05) is 32.0 Å². The zero-order valence-corrected chi connectivity index (χ0v) is 17.1. The van der Waals surface area contributed by atoms with Gasteiger partial charge in [0.25, 0.3) is 0 Å². The van der Waals surface area contributed by atoms with E-state index in [2.05, 4.69) is 40.2 Å². The fourth-order valence-corrected chi connectivity index (χ4v) is 6.24. The number of benzene rings is 2. The predicted octanol–water partition coefficient (Wildman–Crippen LogP) is 5.00. The maximum absolute atomic E-state index is 13.4. The third-order valence-electron chi connectivity index (χ3n) is 6.96. The molecular formula is C23H22BrNO2. The van der Waals surface area contributed by atoms with E-state index in [0.29, 0.717) is 17.8 Å². The summed E-state index contributed by atoms with van der Waals surface area (Å²) in [5.41, 5.74) is 4.08. The van der Waals surface area contributed by atoms with Gasteiger partial charge in [0.1, 0.15) is 0 Å². The van der Waals surface area contributed by atoms with Crippen molar-refractivity contribution in [3.05, 3.63) is 63.6 Å². The lowest BCUT2D eigenvalue weighted by molar-refractivity contribution is -0.123. The Labute approximate surface area is 167 Å². The van der Waals surface area contributed by atoms with Crippen LogP contribution in [0.5, 0.6) is 0 Å². The minimum Gasteiger partial charge on any atom is -0.274 e. The average molecular weight is 424 g/mol. The molecule has 3 nitrogen and oxygen atoms in total. The molecule has 2 aromatic rings. The van der Waals surface area contributed by atoms with Gasteiger partial charge in [-0.05, 0) is 73.3 Å². The summed E-state index contributed by atoms with van der Waals surface area (Å²) in [6.07, 6.45) is 2.04. The van der Waals surface area contributed by atoms with E-state index in [0.717, 1.165) is 34.1 Å². The van der Waals surface area contributed by atoms with Gasteiger partial charge in [0, 0.05) is 4.47 Å². The number of rotatable bonds is 2. The van der Waals surface area contributed by atoms with Crippen molar-refractivity contribution < 1.29 is 9.59 Å². The number of carbonyl (C=O) groups is 2. The molecule has 0 radical (unpaired) electrons. The monoisotopic (exact) mass is 423 g/mol. The number of anilines is 1. The summed E-state index contributed by atoms with van der Waals surface area (Å²) in [6.45, 7) is 3.96. The van der Waals surface area contributed by atoms with Gasteiger partial charge in [0.15, 0.2) is 0 Å². The fourth-order valence-electron chi connectivity index (χ4n) is 5.79. The average Bonchev–Trinajstić information content (AvgIpc) is 3.31. The van der Waals surface area contributed by atoms with Crippen LogP contribution in [-0.4, -0.2) is 11.8 Å². The Kier molecular flexibility index (Phi) is 3.84. The van der Waals surface area contributed by atoms with Crippen molar-refractivity contribution in [1.29, 1.82) is 0 Å². The first-order chi connectivity index (χ1) is 13.0. The summed E-state index contributed by atoms with van der Waals surface area (Å²) in [5, 5.41) is 0. The van der Waals surface area contributed by atoms with Crippen LogP contribution in [0.15, 0.2) is 46.9 Å². The van der Waals surface area contributed by atoms with Gasteiger partial charge >= 0.3 is 0 Å². The number of fused-ring (bicyclic) bond motifs is 5. The van der Waals surface area contributed by atoms with Gasteiger partial charge in [-0.1, -0.05) is 46.3 Å². The molecule has 3 fully saturated rings. The van der Waals surface area contributed by atoms with Crippen LogP contribution in [0.4, 0.5) is 5.69 Å². The summed E-state index contributed by atoms with van der Waals surface area (Å²) in [7, 11) is 0. The van der Waals surface area contributed by atoms with Crippen LogP contribution < -0.4 is 4.90 Å². The second-order valence-electron chi connectivity index (χ2n) is 8.36. The van der Waals surface area contributed by atoms with Crippen molar-refractivity contribution >= 4 is 33.4 Å². The molecule has 2 saturated carbocycles. The van der Waals surface area contributed by atoms with E-state index in [1.165, 1.54) is 10.5 Å². The predicted molar refractivity (Wildman–Crippen MR) is 108 cm³/mol. The third kappa shape index (κ3) is 2.39. The molecule has 0 spiro atoms. The number of carbonyl (C=O) groups excluding carboxylic acids is 2. The zero-order valence-electron chi connectivity index (χ0n) is 15.5. The number of amides is 2. The Morgan fingerprint density at radius 2 is 1.63 bits per heavy atom. The van der Waals surface area contributed by atoms with E-state index in [-0.39, 0.29) is 23.7 Å². The molecule has 2 bridgehead atoms. The lowest BCUT2D eigenvalue weighted by Gasteiger charge is -2.28. The van der Waals surface area contributed by atoms with Crippen molar-refractivity contribution in [2.75, 3.05) is 4.90 Å². The minimum atomic E-state index is -0.148. The molecule has 1 aliphatic heterocycles. The molecule has 5 unspecified atom stereocenters. The third-order valence-corrected chi connectivity index (χ3v) is 7.82. The summed E-state index contributed by atoms with van der Waals surface area (Å²) in [4.78, 5) is 28.2. The summed E-state index contributed by atoms with van der Waals surface area (Å²) < 4.78 is 1.01. The largest absolute Gasteiger partial charge is 0.274 e. The Morgan fingerprint density at radius 1 is 0.926 bits per heavy atom. The minimum absolute atomic E-state index is 0.0166. The molecule has 3 aliphatic rings. The first-order valence-corrected chi connectivity index (χ1v) is 10.5. The van der Waals surface area contributed by atoms with Gasteiger partial charge in [-0.25, -0.2) is 4.90 Å². The number of halogens is 1.